The molecule has 1 rings (SSSR count). The molecule has 0 bridgehead atoms. The molecule has 0 aliphatic heterocycles. The molecule has 1 aliphatic rings. The highest BCUT2D eigenvalue weighted by Gasteiger charge is 2.39. The van der Waals surface area contributed by atoms with Crippen molar-refractivity contribution >= 4 is 21.8 Å². The van der Waals surface area contributed by atoms with Gasteiger partial charge in [0.05, 0.1) is 0 Å². The van der Waals surface area contributed by atoms with E-state index in [1.54, 1.807) is 0 Å². The Morgan fingerprint density at radius 2 is 2.12 bits per heavy atom. The molecule has 1 N–H and O–H groups in total. The van der Waals surface area contributed by atoms with Crippen LogP contribution in [0.25, 0.3) is 0 Å². The summed E-state index contributed by atoms with van der Waals surface area (Å²) in [5.41, 5.74) is 0.320. The van der Waals surface area contributed by atoms with E-state index in [9.17, 15) is 4.79 Å². The third-order valence-corrected chi connectivity index (χ3v) is 5.19. The normalized spacial score (nSPS) is 24.4. The number of amides is 1. The van der Waals surface area contributed by atoms with Crippen LogP contribution in [0.1, 0.15) is 47.0 Å². The number of rotatable bonds is 4. The molecule has 3 heteroatoms. The molecule has 2 nitrogen and oxygen atoms in total. The molecule has 1 fully saturated rings. The zero-order valence-corrected chi connectivity index (χ0v) is 12.5. The number of halogens is 1. The van der Waals surface area contributed by atoms with Gasteiger partial charge in [0, 0.05) is 17.8 Å². The van der Waals surface area contributed by atoms with E-state index >= 15 is 0 Å². The van der Waals surface area contributed by atoms with Crippen LogP contribution in [0.2, 0.25) is 0 Å². The lowest BCUT2D eigenvalue weighted by molar-refractivity contribution is -0.127. The fraction of sp³-hybridized carbons (Fsp3) is 0.923. The van der Waals surface area contributed by atoms with Gasteiger partial charge in [-0.3, -0.25) is 4.79 Å². The second-order valence-electron chi connectivity index (χ2n) is 6.45. The molecular weight excluding hydrogens is 266 g/mol. The molecule has 1 unspecified atom stereocenters. The Hall–Kier alpha value is -0.0500. The molecule has 1 amide bonds. The molecule has 16 heavy (non-hydrogen) atoms. The number of carbonyl (C=O) groups excluding carboxylic acids is 1. The summed E-state index contributed by atoms with van der Waals surface area (Å²) in [5, 5.41) is 4.01. The van der Waals surface area contributed by atoms with Crippen molar-refractivity contribution in [3.8, 4) is 0 Å². The zero-order valence-electron chi connectivity index (χ0n) is 10.9. The van der Waals surface area contributed by atoms with Crippen LogP contribution in [-0.2, 0) is 4.79 Å². The maximum atomic E-state index is 12.1. The Labute approximate surface area is 108 Å². The van der Waals surface area contributed by atoms with Crippen LogP contribution in [0.15, 0.2) is 0 Å². The van der Waals surface area contributed by atoms with E-state index in [1.807, 2.05) is 0 Å². The monoisotopic (exact) mass is 289 g/mol. The van der Waals surface area contributed by atoms with E-state index in [4.69, 9.17) is 0 Å². The smallest absolute Gasteiger partial charge is 0.223 e. The highest BCUT2D eigenvalue weighted by Crippen LogP contribution is 2.42. The summed E-state index contributed by atoms with van der Waals surface area (Å²) in [5.74, 6) is 0.454. The highest BCUT2D eigenvalue weighted by atomic mass is 79.9. The van der Waals surface area contributed by atoms with E-state index < -0.39 is 0 Å². The van der Waals surface area contributed by atoms with Crippen molar-refractivity contribution in [2.45, 2.75) is 47.0 Å². The van der Waals surface area contributed by atoms with Gasteiger partial charge in [0.2, 0.25) is 5.91 Å². The average molecular weight is 290 g/mol. The van der Waals surface area contributed by atoms with E-state index in [-0.39, 0.29) is 22.7 Å². The Kier molecular flexibility index (Phi) is 4.44. The van der Waals surface area contributed by atoms with Crippen LogP contribution in [0.3, 0.4) is 0 Å². The number of hydrogen-bond donors (Lipinski definition) is 1. The summed E-state index contributed by atoms with van der Waals surface area (Å²) in [4.78, 5) is 12.1. The quantitative estimate of drug-likeness (QED) is 0.790. The van der Waals surface area contributed by atoms with Crippen molar-refractivity contribution in [2.75, 3.05) is 11.9 Å². The first kappa shape index (κ1) is 14.0. The third-order valence-electron chi connectivity index (χ3n) is 3.68. The van der Waals surface area contributed by atoms with Gasteiger partial charge in [-0.25, -0.2) is 0 Å². The Morgan fingerprint density at radius 3 is 2.56 bits per heavy atom. The summed E-state index contributed by atoms with van der Waals surface area (Å²) >= 11 is 3.48. The maximum absolute atomic E-state index is 12.1. The van der Waals surface area contributed by atoms with Crippen LogP contribution in [0.5, 0.6) is 0 Å². The lowest BCUT2D eigenvalue weighted by Gasteiger charge is -2.28. The van der Waals surface area contributed by atoms with Gasteiger partial charge in [-0.1, -0.05) is 50.0 Å². The summed E-state index contributed by atoms with van der Waals surface area (Å²) in [6, 6.07) is 0. The molecule has 1 aliphatic carbocycles. The molecule has 0 aromatic rings. The summed E-state index contributed by atoms with van der Waals surface area (Å²) < 4.78 is 0. The maximum Gasteiger partial charge on any atom is 0.223 e. The first-order valence-corrected chi connectivity index (χ1v) is 7.24. The standard InChI is InChI=1S/C13H24BrNO/c1-12(2,8-14)9-15-11(16)10-6-5-7-13(10,3)4/h10H,5-9H2,1-4H3,(H,15,16). The lowest BCUT2D eigenvalue weighted by atomic mass is 9.81. The summed E-state index contributed by atoms with van der Waals surface area (Å²) in [6.45, 7) is 9.48. The van der Waals surface area contributed by atoms with Gasteiger partial charge in [0.15, 0.2) is 0 Å². The van der Waals surface area contributed by atoms with Crippen LogP contribution >= 0.6 is 15.9 Å². The van der Waals surface area contributed by atoms with Crippen molar-refractivity contribution in [1.82, 2.24) is 5.32 Å². The first-order valence-electron chi connectivity index (χ1n) is 6.12. The third kappa shape index (κ3) is 3.47. The fourth-order valence-corrected chi connectivity index (χ4v) is 2.51. The van der Waals surface area contributed by atoms with Gasteiger partial charge in [0.25, 0.3) is 0 Å². The van der Waals surface area contributed by atoms with Gasteiger partial charge < -0.3 is 5.32 Å². The lowest BCUT2D eigenvalue weighted by Crippen LogP contribution is -2.41. The van der Waals surface area contributed by atoms with Crippen LogP contribution < -0.4 is 5.32 Å². The van der Waals surface area contributed by atoms with Crippen molar-refractivity contribution in [1.29, 1.82) is 0 Å². The van der Waals surface area contributed by atoms with Gasteiger partial charge in [-0.15, -0.1) is 0 Å². The molecule has 0 radical (unpaired) electrons. The minimum atomic E-state index is 0.137. The molecule has 0 saturated heterocycles. The van der Waals surface area contributed by atoms with Crippen LogP contribution in [0.4, 0.5) is 0 Å². The molecule has 1 atom stereocenters. The molecule has 94 valence electrons. The highest BCUT2D eigenvalue weighted by molar-refractivity contribution is 9.09. The van der Waals surface area contributed by atoms with Crippen LogP contribution in [0, 0.1) is 16.7 Å². The minimum absolute atomic E-state index is 0.137. The first-order chi connectivity index (χ1) is 7.28. The van der Waals surface area contributed by atoms with Gasteiger partial charge in [-0.2, -0.15) is 0 Å². The van der Waals surface area contributed by atoms with E-state index in [2.05, 4.69) is 48.9 Å². The Balaban J connectivity index is 2.47. The van der Waals surface area contributed by atoms with E-state index in [0.29, 0.717) is 0 Å². The molecule has 1 saturated carbocycles. The SMILES string of the molecule is CC(C)(CBr)CNC(=O)C1CCCC1(C)C. The van der Waals surface area contributed by atoms with Crippen LogP contribution in [-0.4, -0.2) is 17.8 Å². The summed E-state index contributed by atoms with van der Waals surface area (Å²) in [7, 11) is 0. The van der Waals surface area contributed by atoms with Crippen molar-refractivity contribution < 1.29 is 4.79 Å². The second-order valence-corrected chi connectivity index (χ2v) is 7.01. The van der Waals surface area contributed by atoms with Crippen molar-refractivity contribution in [3.05, 3.63) is 0 Å². The molecule has 0 aromatic heterocycles. The number of nitrogens with one attached hydrogen (secondary N) is 1. The molecule has 0 aromatic carbocycles. The average Bonchev–Trinajstić information content (AvgIpc) is 2.55. The second kappa shape index (κ2) is 5.07. The molecular formula is C13H24BrNO. The van der Waals surface area contributed by atoms with E-state index in [0.717, 1.165) is 18.3 Å². The number of carbonyl (C=O) groups is 1. The predicted molar refractivity (Wildman–Crippen MR) is 71.7 cm³/mol. The van der Waals surface area contributed by atoms with Crippen molar-refractivity contribution in [2.24, 2.45) is 16.7 Å². The number of alkyl halides is 1. The van der Waals surface area contributed by atoms with Gasteiger partial charge in [0.1, 0.15) is 0 Å². The minimum Gasteiger partial charge on any atom is -0.355 e. The van der Waals surface area contributed by atoms with Gasteiger partial charge in [-0.05, 0) is 23.7 Å². The fourth-order valence-electron chi connectivity index (χ4n) is 2.31. The van der Waals surface area contributed by atoms with Crippen molar-refractivity contribution in [3.63, 3.8) is 0 Å². The Morgan fingerprint density at radius 1 is 1.50 bits per heavy atom. The van der Waals surface area contributed by atoms with Gasteiger partial charge >= 0.3 is 0 Å². The molecule has 0 heterocycles. The van der Waals surface area contributed by atoms with E-state index in [1.165, 1.54) is 12.8 Å². The largest absolute Gasteiger partial charge is 0.355 e. The zero-order chi connectivity index (χ0) is 12.4. The topological polar surface area (TPSA) is 29.1 Å². The predicted octanol–water partition coefficient (Wildman–Crippen LogP) is 3.35. The molecule has 0 spiro atoms. The summed E-state index contributed by atoms with van der Waals surface area (Å²) in [6.07, 6.45) is 3.41. The number of hydrogen-bond acceptors (Lipinski definition) is 1. The Bertz CT molecular complexity index is 261.